The van der Waals surface area contributed by atoms with Crippen LogP contribution < -0.4 is 16.0 Å². The summed E-state index contributed by atoms with van der Waals surface area (Å²) in [7, 11) is 0. The molecule has 2 aliphatic heterocycles. The molecular weight excluding hydrogens is 531 g/mol. The summed E-state index contributed by atoms with van der Waals surface area (Å²) in [5.41, 5.74) is 1.75. The predicted octanol–water partition coefficient (Wildman–Crippen LogP) is 4.68. The lowest BCUT2D eigenvalue weighted by molar-refractivity contribution is 0.0979. The zero-order valence-corrected chi connectivity index (χ0v) is 24.7. The van der Waals surface area contributed by atoms with E-state index >= 15 is 0 Å². The largest absolute Gasteiger partial charge is 0.336 e. The molecule has 11 heteroatoms. The molecule has 0 spiro atoms. The Morgan fingerprint density at radius 1 is 1.12 bits per heavy atom. The van der Waals surface area contributed by atoms with Crippen LogP contribution in [0.2, 0.25) is 0 Å². The summed E-state index contributed by atoms with van der Waals surface area (Å²) in [6, 6.07) is 6.05. The van der Waals surface area contributed by atoms with Crippen molar-refractivity contribution in [3.8, 4) is 0 Å². The molecule has 40 heavy (non-hydrogen) atoms. The van der Waals surface area contributed by atoms with Crippen LogP contribution in [0.1, 0.15) is 61.0 Å². The number of anilines is 1. The quantitative estimate of drug-likeness (QED) is 0.399. The number of hydrogen-bond acceptors (Lipinski definition) is 6. The maximum Gasteiger partial charge on any atom is 0.321 e. The average Bonchev–Trinajstić information content (AvgIpc) is 3.26. The number of Topliss-reactive ketones (excluding diaryl/α,β-unsaturated/α-hetero) is 1. The lowest BCUT2D eigenvalue weighted by Crippen LogP contribution is -2.59. The number of carbonyl (C=O) groups excluding carboxylic acids is 3. The Morgan fingerprint density at radius 3 is 2.55 bits per heavy atom. The van der Waals surface area contributed by atoms with Crippen LogP contribution in [0.25, 0.3) is 0 Å². The molecule has 0 bridgehead atoms. The van der Waals surface area contributed by atoms with Gasteiger partial charge in [0.1, 0.15) is 5.82 Å². The fourth-order valence-corrected chi connectivity index (χ4v) is 6.61. The summed E-state index contributed by atoms with van der Waals surface area (Å²) >= 11 is 1.16. The van der Waals surface area contributed by atoms with E-state index in [-0.39, 0.29) is 35.6 Å². The summed E-state index contributed by atoms with van der Waals surface area (Å²) in [4.78, 5) is 46.7. The van der Waals surface area contributed by atoms with Crippen LogP contribution in [-0.4, -0.2) is 77.4 Å². The van der Waals surface area contributed by atoms with Gasteiger partial charge < -0.3 is 20.4 Å². The first kappa shape index (κ1) is 29.9. The minimum Gasteiger partial charge on any atom is -0.336 e. The normalized spacial score (nSPS) is 21.8. The number of aryl methyl sites for hydroxylation is 1. The number of nitrogens with zero attached hydrogens (tertiary/aromatic N) is 3. The molecule has 0 aliphatic carbocycles. The number of benzene rings is 1. The summed E-state index contributed by atoms with van der Waals surface area (Å²) in [6.45, 7) is 10.9. The van der Waals surface area contributed by atoms with Crippen molar-refractivity contribution in [2.75, 3.05) is 38.0 Å². The molecule has 9 nitrogen and oxygen atoms in total. The summed E-state index contributed by atoms with van der Waals surface area (Å²) in [5, 5.41) is 9.23. The monoisotopic (exact) mass is 572 g/mol. The Hall–Kier alpha value is -3.05. The molecule has 0 unspecified atom stereocenters. The molecule has 1 aromatic carbocycles. The lowest BCUT2D eigenvalue weighted by atomic mass is 9.87. The van der Waals surface area contributed by atoms with E-state index in [1.165, 1.54) is 19.1 Å². The number of urea groups is 2. The minimum absolute atomic E-state index is 0.0231. The lowest BCUT2D eigenvalue weighted by Gasteiger charge is -2.42. The number of piperidine rings is 2. The van der Waals surface area contributed by atoms with Crippen molar-refractivity contribution in [1.29, 1.82) is 0 Å². The van der Waals surface area contributed by atoms with E-state index < -0.39 is 6.03 Å². The number of rotatable bonds is 8. The van der Waals surface area contributed by atoms with Crippen molar-refractivity contribution in [1.82, 2.24) is 25.4 Å². The Balaban J connectivity index is 1.40. The second kappa shape index (κ2) is 13.5. The third-order valence-corrected chi connectivity index (χ3v) is 8.82. The van der Waals surface area contributed by atoms with E-state index in [0.29, 0.717) is 34.7 Å². The molecule has 0 saturated carbocycles. The van der Waals surface area contributed by atoms with Crippen molar-refractivity contribution in [3.05, 3.63) is 46.2 Å². The number of thiazole rings is 1. The van der Waals surface area contributed by atoms with Crippen LogP contribution in [0.4, 0.5) is 19.1 Å². The molecule has 3 heterocycles. The number of carbonyl (C=O) groups is 3. The molecule has 3 atom stereocenters. The molecule has 2 aliphatic rings. The number of nitrogens with one attached hydrogen (secondary N) is 3. The van der Waals surface area contributed by atoms with Crippen LogP contribution in [0, 0.1) is 24.6 Å². The van der Waals surface area contributed by atoms with Gasteiger partial charge in [-0.3, -0.25) is 10.1 Å². The average molecular weight is 573 g/mol. The fraction of sp³-hybridized carbons (Fsp3) is 0.586. The second-order valence-corrected chi connectivity index (χ2v) is 12.4. The maximum absolute atomic E-state index is 13.3. The van der Waals surface area contributed by atoms with Crippen LogP contribution in [0.3, 0.4) is 0 Å². The number of hydrogen-bond donors (Lipinski definition) is 3. The molecule has 4 amide bonds. The zero-order valence-electron chi connectivity index (χ0n) is 23.8. The van der Waals surface area contributed by atoms with E-state index in [9.17, 15) is 18.8 Å². The fourth-order valence-electron chi connectivity index (χ4n) is 5.75. The van der Waals surface area contributed by atoms with Crippen molar-refractivity contribution < 1.29 is 18.8 Å². The number of halogens is 1. The van der Waals surface area contributed by atoms with E-state index in [4.69, 9.17) is 0 Å². The van der Waals surface area contributed by atoms with Crippen molar-refractivity contribution in [2.24, 2.45) is 11.8 Å². The van der Waals surface area contributed by atoms with Crippen molar-refractivity contribution in [3.63, 3.8) is 0 Å². The van der Waals surface area contributed by atoms with Gasteiger partial charge in [0.15, 0.2) is 10.9 Å². The van der Waals surface area contributed by atoms with Gasteiger partial charge >= 0.3 is 12.1 Å². The molecule has 4 rings (SSSR count). The topological polar surface area (TPSA) is 107 Å². The van der Waals surface area contributed by atoms with Gasteiger partial charge in [-0.05, 0) is 82.5 Å². The Morgan fingerprint density at radius 2 is 1.88 bits per heavy atom. The maximum atomic E-state index is 13.3. The minimum atomic E-state index is -0.391. The summed E-state index contributed by atoms with van der Waals surface area (Å²) < 4.78 is 13.3. The summed E-state index contributed by atoms with van der Waals surface area (Å²) in [6.07, 6.45) is 3.94. The smallest absolute Gasteiger partial charge is 0.321 e. The molecule has 2 aromatic rings. The first-order valence-electron chi connectivity index (χ1n) is 14.2. The third-order valence-electron chi connectivity index (χ3n) is 7.64. The van der Waals surface area contributed by atoms with Gasteiger partial charge in [0.25, 0.3) is 0 Å². The molecule has 218 valence electrons. The van der Waals surface area contributed by atoms with Gasteiger partial charge in [0.05, 0.1) is 16.6 Å². The van der Waals surface area contributed by atoms with Crippen LogP contribution in [-0.2, 0) is 6.42 Å². The first-order valence-corrected chi connectivity index (χ1v) is 15.0. The van der Waals surface area contributed by atoms with E-state index in [2.05, 4.69) is 25.8 Å². The Kier molecular flexibility index (Phi) is 10.1. The van der Waals surface area contributed by atoms with Gasteiger partial charge in [-0.25, -0.2) is 19.0 Å². The predicted molar refractivity (Wildman–Crippen MR) is 155 cm³/mol. The zero-order chi connectivity index (χ0) is 28.8. The van der Waals surface area contributed by atoms with Gasteiger partial charge in [-0.1, -0.05) is 23.5 Å². The molecule has 3 N–H and O–H groups in total. The van der Waals surface area contributed by atoms with Crippen molar-refractivity contribution >= 4 is 34.3 Å². The molecular formula is C29H41FN6O3S. The third kappa shape index (κ3) is 8.23. The standard InChI is InChI=1S/C29H41FN6O3S/c1-18(2)31-29(39)36-13-11-23(16-35-12-5-6-22(15-35)14-21-7-9-24(30)10-8-21)25(17-36)33-27(38)34-28-32-19(3)26(40-28)20(4)37/h7-10,18,22-23,25H,5-6,11-17H2,1-4H3,(H,31,39)(H2,32,33,34,38)/t22-,23-,25-/m0/s1. The highest BCUT2D eigenvalue weighted by Gasteiger charge is 2.35. The van der Waals surface area contributed by atoms with E-state index in [0.717, 1.165) is 62.2 Å². The highest BCUT2D eigenvalue weighted by atomic mass is 32.1. The number of ketones is 1. The number of aromatic nitrogens is 1. The van der Waals surface area contributed by atoms with Crippen molar-refractivity contribution in [2.45, 2.75) is 65.5 Å². The molecule has 2 fully saturated rings. The Bertz CT molecular complexity index is 1190. The molecule has 1 aromatic heterocycles. The summed E-state index contributed by atoms with van der Waals surface area (Å²) in [5.74, 6) is 0.370. The van der Waals surface area contributed by atoms with E-state index in [1.54, 1.807) is 11.8 Å². The van der Waals surface area contributed by atoms with Gasteiger partial charge in [-0.15, -0.1) is 0 Å². The number of amides is 4. The first-order chi connectivity index (χ1) is 19.1. The van der Waals surface area contributed by atoms with Crippen LogP contribution in [0.15, 0.2) is 24.3 Å². The van der Waals surface area contributed by atoms with Gasteiger partial charge in [-0.2, -0.15) is 0 Å². The Labute approximate surface area is 239 Å². The molecule has 0 radical (unpaired) electrons. The van der Waals surface area contributed by atoms with Crippen LogP contribution in [0.5, 0.6) is 0 Å². The van der Waals surface area contributed by atoms with Gasteiger partial charge in [0.2, 0.25) is 0 Å². The van der Waals surface area contributed by atoms with Gasteiger partial charge in [0, 0.05) is 39.1 Å². The SMILES string of the molecule is CC(=O)c1sc(NC(=O)N[C@H]2CN(C(=O)NC(C)C)CC[C@H]2CN2CCC[C@@H](Cc3ccc(F)cc3)C2)nc1C. The highest BCUT2D eigenvalue weighted by molar-refractivity contribution is 7.17. The molecule has 2 saturated heterocycles. The number of likely N-dealkylation sites (tertiary alicyclic amines) is 2. The highest BCUT2D eigenvalue weighted by Crippen LogP contribution is 2.26. The van der Waals surface area contributed by atoms with E-state index in [1.807, 2.05) is 26.0 Å². The second-order valence-electron chi connectivity index (χ2n) is 11.4. The van der Waals surface area contributed by atoms with Crippen LogP contribution >= 0.6 is 11.3 Å².